The number of aliphatic hydroxyl groups is 1. The largest absolute Gasteiger partial charge is 0.508 e. The van der Waals surface area contributed by atoms with Gasteiger partial charge in [-0.1, -0.05) is 70.0 Å². The lowest BCUT2D eigenvalue weighted by atomic mass is 9.68. The van der Waals surface area contributed by atoms with E-state index in [1.807, 2.05) is 24.3 Å². The Bertz CT molecular complexity index is 1080. The molecule has 1 aliphatic heterocycles. The lowest BCUT2D eigenvalue weighted by molar-refractivity contribution is 0.168. The number of hydrogen-bond donors (Lipinski definition) is 3. The number of hydrogen-bond acceptors (Lipinski definition) is 6. The Morgan fingerprint density at radius 1 is 1.20 bits per heavy atom. The van der Waals surface area contributed by atoms with Crippen LogP contribution in [0, 0.1) is 16.7 Å². The van der Waals surface area contributed by atoms with Gasteiger partial charge in [-0.25, -0.2) is 0 Å². The molecule has 4 unspecified atom stereocenters. The molecule has 4 rings (SSSR count). The van der Waals surface area contributed by atoms with E-state index in [9.17, 15) is 5.11 Å². The van der Waals surface area contributed by atoms with Gasteiger partial charge in [0, 0.05) is 17.5 Å². The Morgan fingerprint density at radius 3 is 2.67 bits per heavy atom. The summed E-state index contributed by atoms with van der Waals surface area (Å²) in [6.45, 7) is 10.7. The van der Waals surface area contributed by atoms with Crippen LogP contribution in [-0.4, -0.2) is 47.9 Å². The second-order valence-electron chi connectivity index (χ2n) is 11.2. The smallest absolute Gasteiger partial charge is 0.218 e. The third kappa shape index (κ3) is 7.88. The molecule has 2 aliphatic carbocycles. The van der Waals surface area contributed by atoms with Crippen LogP contribution in [0.4, 0.5) is 0 Å². The molecule has 0 aromatic heterocycles. The van der Waals surface area contributed by atoms with Gasteiger partial charge in [-0.05, 0) is 87.8 Å². The monoisotopic (exact) mass is 549 g/mol. The molecule has 1 fully saturated rings. The number of likely N-dealkylation sites (tertiary alicyclic amines) is 1. The number of allylic oxidation sites excluding steroid dienone is 4. The Labute approximate surface area is 242 Å². The van der Waals surface area contributed by atoms with Gasteiger partial charge in [-0.15, -0.1) is 0 Å². The minimum absolute atomic E-state index is 0.00298. The molecule has 1 saturated heterocycles. The Hall–Kier alpha value is -2.83. The summed E-state index contributed by atoms with van der Waals surface area (Å²) in [6, 6.07) is 8.28. The molecule has 0 radical (unpaired) electrons. The summed E-state index contributed by atoms with van der Waals surface area (Å²) in [5.41, 5.74) is 7.49. The number of ether oxygens (including phenoxy) is 2. The summed E-state index contributed by atoms with van der Waals surface area (Å²) in [6.07, 6.45) is 22.6. The van der Waals surface area contributed by atoms with Crippen molar-refractivity contribution in [2.45, 2.75) is 91.1 Å². The summed E-state index contributed by atoms with van der Waals surface area (Å²) in [7, 11) is 0. The van der Waals surface area contributed by atoms with E-state index in [1.165, 1.54) is 31.3 Å². The molecule has 0 saturated carbocycles. The zero-order valence-corrected chi connectivity index (χ0v) is 25.1. The van der Waals surface area contributed by atoms with Crippen molar-refractivity contribution < 1.29 is 14.6 Å². The molecule has 4 atom stereocenters. The van der Waals surface area contributed by atoms with Crippen LogP contribution in [0.15, 0.2) is 72.1 Å². The number of para-hydroxylation sites is 1. The molecule has 0 amide bonds. The maximum Gasteiger partial charge on any atom is 0.218 e. The van der Waals surface area contributed by atoms with Gasteiger partial charge in [0.15, 0.2) is 0 Å². The molecule has 0 bridgehead atoms. The lowest BCUT2D eigenvalue weighted by Crippen LogP contribution is -2.39. The first kappa shape index (κ1) is 31.7. The van der Waals surface area contributed by atoms with Gasteiger partial charge in [0.25, 0.3) is 0 Å². The van der Waals surface area contributed by atoms with Crippen molar-refractivity contribution in [2.24, 2.45) is 17.1 Å². The van der Waals surface area contributed by atoms with Crippen molar-refractivity contribution >= 4 is 5.90 Å². The first-order chi connectivity index (χ1) is 19.4. The molecule has 6 heteroatoms. The summed E-state index contributed by atoms with van der Waals surface area (Å²) in [5.74, 6) is 1.97. The third-order valence-corrected chi connectivity index (χ3v) is 8.48. The van der Waals surface area contributed by atoms with Crippen LogP contribution in [0.5, 0.6) is 5.75 Å². The molecule has 40 heavy (non-hydrogen) atoms. The second-order valence-corrected chi connectivity index (χ2v) is 11.2. The first-order valence-corrected chi connectivity index (χ1v) is 15.2. The number of unbranched alkanes of at least 4 members (excludes halogenated alkanes) is 2. The highest BCUT2D eigenvalue weighted by Gasteiger charge is 2.52. The molecule has 4 N–H and O–H groups in total. The molecule has 1 aromatic carbocycles. The lowest BCUT2D eigenvalue weighted by Gasteiger charge is -2.37. The van der Waals surface area contributed by atoms with Crippen LogP contribution < -0.4 is 10.5 Å². The van der Waals surface area contributed by atoms with Crippen LogP contribution in [-0.2, 0) is 4.74 Å². The van der Waals surface area contributed by atoms with E-state index in [-0.39, 0.29) is 18.0 Å². The molecular formula is C34H51N3O3. The molecule has 1 heterocycles. The third-order valence-electron chi connectivity index (χ3n) is 8.48. The van der Waals surface area contributed by atoms with E-state index in [2.05, 4.69) is 63.0 Å². The maximum absolute atomic E-state index is 10.1. The van der Waals surface area contributed by atoms with E-state index in [4.69, 9.17) is 20.6 Å². The number of fused-ring (bicyclic) bond motifs is 1. The van der Waals surface area contributed by atoms with Crippen molar-refractivity contribution in [3.05, 3.63) is 77.6 Å². The van der Waals surface area contributed by atoms with E-state index in [1.54, 1.807) is 6.07 Å². The quantitative estimate of drug-likeness (QED) is 0.0866. The number of nitrogens with two attached hydrogens (primary N) is 1. The summed E-state index contributed by atoms with van der Waals surface area (Å²) in [4.78, 5) is 2.63. The number of nitrogens with one attached hydrogen (secondary N) is 1. The zero-order valence-electron chi connectivity index (χ0n) is 25.1. The summed E-state index contributed by atoms with van der Waals surface area (Å²) >= 11 is 0. The maximum atomic E-state index is 10.1. The zero-order chi connectivity index (χ0) is 29.0. The SMILES string of the molecule is CC=CC1N(CC)C2CC=C(O)C=C2C1(C)CC1CC=CCC1.CCCCCOc1ccccc1C(=N)OCN. The minimum Gasteiger partial charge on any atom is -0.508 e. The highest BCUT2D eigenvalue weighted by atomic mass is 16.5. The van der Waals surface area contributed by atoms with Crippen molar-refractivity contribution in [3.63, 3.8) is 0 Å². The van der Waals surface area contributed by atoms with Crippen LogP contribution in [0.1, 0.15) is 84.6 Å². The fraction of sp³-hybridized carbons (Fsp3) is 0.559. The Balaban J connectivity index is 0.000000232. The molecule has 6 nitrogen and oxygen atoms in total. The normalized spacial score (nSPS) is 26.0. The van der Waals surface area contributed by atoms with Crippen molar-refractivity contribution in [2.75, 3.05) is 19.9 Å². The van der Waals surface area contributed by atoms with Crippen molar-refractivity contribution in [1.82, 2.24) is 4.90 Å². The van der Waals surface area contributed by atoms with Gasteiger partial charge >= 0.3 is 0 Å². The molecule has 1 aromatic rings. The topological polar surface area (TPSA) is 91.8 Å². The fourth-order valence-corrected chi connectivity index (χ4v) is 6.54. The first-order valence-electron chi connectivity index (χ1n) is 15.2. The molecular weight excluding hydrogens is 498 g/mol. The van der Waals surface area contributed by atoms with Gasteiger partial charge in [0.2, 0.25) is 5.90 Å². The number of benzene rings is 1. The highest BCUT2D eigenvalue weighted by molar-refractivity contribution is 5.94. The molecule has 0 spiro atoms. The van der Waals surface area contributed by atoms with Gasteiger partial charge in [0.1, 0.15) is 18.2 Å². The number of nitrogens with zero attached hydrogens (tertiary/aromatic N) is 1. The van der Waals surface area contributed by atoms with Crippen LogP contribution in [0.3, 0.4) is 0 Å². The summed E-state index contributed by atoms with van der Waals surface area (Å²) in [5, 5.41) is 17.8. The minimum atomic E-state index is 0.00298. The van der Waals surface area contributed by atoms with Crippen molar-refractivity contribution in [1.29, 1.82) is 5.41 Å². The van der Waals surface area contributed by atoms with Gasteiger partial charge in [-0.3, -0.25) is 16.0 Å². The highest BCUT2D eigenvalue weighted by Crippen LogP contribution is 2.53. The number of aliphatic hydroxyl groups excluding tert-OH is 1. The van der Waals surface area contributed by atoms with E-state index < -0.39 is 0 Å². The Morgan fingerprint density at radius 2 is 2.00 bits per heavy atom. The Kier molecular flexibility index (Phi) is 12.5. The van der Waals surface area contributed by atoms with Gasteiger partial charge in [0.05, 0.1) is 12.2 Å². The average molecular weight is 550 g/mol. The summed E-state index contributed by atoms with van der Waals surface area (Å²) < 4.78 is 10.6. The van der Waals surface area contributed by atoms with Crippen LogP contribution in [0.25, 0.3) is 0 Å². The predicted octanol–water partition coefficient (Wildman–Crippen LogP) is 7.67. The second kappa shape index (κ2) is 15.8. The average Bonchev–Trinajstić information content (AvgIpc) is 3.18. The van der Waals surface area contributed by atoms with Crippen LogP contribution in [0.2, 0.25) is 0 Å². The molecule has 3 aliphatic rings. The fourth-order valence-electron chi connectivity index (χ4n) is 6.54. The number of rotatable bonds is 11. The number of likely N-dealkylation sites (N-methyl/N-ethyl adjacent to an activating group) is 1. The van der Waals surface area contributed by atoms with Crippen molar-refractivity contribution in [3.8, 4) is 5.75 Å². The van der Waals surface area contributed by atoms with E-state index in [0.717, 1.165) is 38.1 Å². The van der Waals surface area contributed by atoms with Gasteiger partial charge < -0.3 is 14.6 Å². The molecule has 220 valence electrons. The van der Waals surface area contributed by atoms with Gasteiger partial charge in [-0.2, -0.15) is 0 Å². The van der Waals surface area contributed by atoms with E-state index in [0.29, 0.717) is 35.8 Å². The van der Waals surface area contributed by atoms with E-state index >= 15 is 0 Å². The predicted molar refractivity (Wildman–Crippen MR) is 166 cm³/mol. The van der Waals surface area contributed by atoms with Crippen LogP contribution >= 0.6 is 0 Å². The standard InChI is InChI=1S/C21H31NO.C13H20N2O2/c1-4-9-20-21(3,15-16-10-7-6-8-11-16)18-14-17(23)12-13-19(18)22(20)5-2;1-2-3-6-9-16-12-8-5-4-7-11(12)13(15)17-10-14/h4,6-7,9,12,14,16,19-20,23H,5,8,10-11,13,15H2,1-3H3;4-5,7-8,15H,2-3,6,9-10,14H2,1H3.